The van der Waals surface area contributed by atoms with Crippen molar-refractivity contribution in [2.45, 2.75) is 95.9 Å². The minimum atomic E-state index is -3.50. The zero-order valence-electron chi connectivity index (χ0n) is 28.2. The van der Waals surface area contributed by atoms with Gasteiger partial charge in [-0.3, -0.25) is 9.55 Å². The molecular formula is C39H46N4O3S. The number of pyridine rings is 1. The van der Waals surface area contributed by atoms with E-state index < -0.39 is 9.84 Å². The Bertz CT molecular complexity index is 1950. The van der Waals surface area contributed by atoms with Gasteiger partial charge in [0, 0.05) is 18.5 Å². The van der Waals surface area contributed by atoms with Crippen molar-refractivity contribution in [3.05, 3.63) is 135 Å². The van der Waals surface area contributed by atoms with E-state index >= 15 is 0 Å². The minimum Gasteiger partial charge on any atom is -0.279 e. The first kappa shape index (κ1) is 34.0. The van der Waals surface area contributed by atoms with E-state index in [9.17, 15) is 13.2 Å². The first-order valence-electron chi connectivity index (χ1n) is 16.6. The van der Waals surface area contributed by atoms with Gasteiger partial charge in [0.1, 0.15) is 5.82 Å². The zero-order chi connectivity index (χ0) is 33.6. The molecule has 7 nitrogen and oxygen atoms in total. The summed E-state index contributed by atoms with van der Waals surface area (Å²) in [5.74, 6) is 0.669. The topological polar surface area (TPSA) is 86.9 Å². The van der Waals surface area contributed by atoms with Crippen molar-refractivity contribution in [1.29, 1.82) is 0 Å². The van der Waals surface area contributed by atoms with Crippen molar-refractivity contribution in [2.24, 2.45) is 0 Å². The monoisotopic (exact) mass is 650 g/mol. The summed E-state index contributed by atoms with van der Waals surface area (Å²) in [6.45, 7) is 11.7. The second kappa shape index (κ2) is 14.6. The van der Waals surface area contributed by atoms with Crippen LogP contribution in [0.25, 0.3) is 11.3 Å². The molecule has 0 amide bonds. The second-order valence-electron chi connectivity index (χ2n) is 13.3. The van der Waals surface area contributed by atoms with Gasteiger partial charge in [0.25, 0.3) is 0 Å². The molecule has 0 aliphatic rings. The van der Waals surface area contributed by atoms with E-state index in [0.717, 1.165) is 53.9 Å². The molecule has 0 aliphatic heterocycles. The predicted molar refractivity (Wildman–Crippen MR) is 189 cm³/mol. The van der Waals surface area contributed by atoms with Gasteiger partial charge in [0.05, 0.1) is 28.6 Å². The molecule has 0 saturated heterocycles. The largest absolute Gasteiger partial charge is 0.346 e. The number of sulfone groups is 1. The highest BCUT2D eigenvalue weighted by molar-refractivity contribution is 7.90. The number of hydrogen-bond acceptors (Lipinski definition) is 5. The molecule has 47 heavy (non-hydrogen) atoms. The molecule has 8 heteroatoms. The minimum absolute atomic E-state index is 0.0702. The molecule has 0 spiro atoms. The third-order valence-corrected chi connectivity index (χ3v) is 10.2. The third-order valence-electron chi connectivity index (χ3n) is 8.55. The average Bonchev–Trinajstić information content (AvgIpc) is 3.34. The van der Waals surface area contributed by atoms with Gasteiger partial charge in [-0.25, -0.2) is 17.9 Å². The molecule has 246 valence electrons. The number of rotatable bonds is 13. The highest BCUT2D eigenvalue weighted by Gasteiger charge is 2.18. The summed E-state index contributed by atoms with van der Waals surface area (Å²) in [5, 5.41) is 4.71. The van der Waals surface area contributed by atoms with E-state index in [4.69, 9.17) is 5.10 Å². The number of nitrogens with zero attached hydrogens (tertiary/aromatic N) is 4. The summed E-state index contributed by atoms with van der Waals surface area (Å²) in [6.07, 6.45) is 4.37. The molecule has 0 fully saturated rings. The fourth-order valence-electron chi connectivity index (χ4n) is 5.82. The van der Waals surface area contributed by atoms with Crippen LogP contribution in [0.5, 0.6) is 0 Å². The van der Waals surface area contributed by atoms with Crippen molar-refractivity contribution in [3.8, 4) is 11.3 Å². The molecule has 0 aliphatic carbocycles. The first-order valence-corrected chi connectivity index (χ1v) is 18.2. The molecule has 2 heterocycles. The molecule has 0 atom stereocenters. The highest BCUT2D eigenvalue weighted by Crippen LogP contribution is 2.23. The molecule has 0 unspecified atom stereocenters. The van der Waals surface area contributed by atoms with Gasteiger partial charge in [-0.05, 0) is 78.1 Å². The van der Waals surface area contributed by atoms with E-state index in [2.05, 4.69) is 69.1 Å². The normalized spacial score (nSPS) is 12.0. The Morgan fingerprint density at radius 1 is 0.745 bits per heavy atom. The van der Waals surface area contributed by atoms with Gasteiger partial charge in [-0.15, -0.1) is 0 Å². The molecule has 5 aromatic rings. The molecule has 2 aromatic heterocycles. The van der Waals surface area contributed by atoms with Crippen LogP contribution in [0, 0.1) is 0 Å². The number of hydrogen-bond donors (Lipinski definition) is 0. The molecule has 0 bridgehead atoms. The molecule has 3 aromatic carbocycles. The number of aromatic nitrogens is 4. The van der Waals surface area contributed by atoms with E-state index in [0.29, 0.717) is 30.1 Å². The SMILES string of the molecule is CCCc1ccc(S(=O)(=O)Cc2cccc(-c3ccc(CCCc4nn(Cc5ccc(C(C)(C)C)cc5)c(=O)n4CC)cc3)n2)cc1. The number of benzene rings is 3. The van der Waals surface area contributed by atoms with Gasteiger partial charge >= 0.3 is 5.69 Å². The number of aryl methyl sites for hydroxylation is 3. The lowest BCUT2D eigenvalue weighted by Gasteiger charge is -2.19. The van der Waals surface area contributed by atoms with Crippen LogP contribution in [0.2, 0.25) is 0 Å². The third kappa shape index (κ3) is 8.55. The summed E-state index contributed by atoms with van der Waals surface area (Å²) in [4.78, 5) is 18.1. The zero-order valence-corrected chi connectivity index (χ0v) is 29.1. The second-order valence-corrected chi connectivity index (χ2v) is 15.3. The molecular weight excluding hydrogens is 605 g/mol. The highest BCUT2D eigenvalue weighted by atomic mass is 32.2. The molecule has 0 saturated carbocycles. The van der Waals surface area contributed by atoms with Gasteiger partial charge in [-0.2, -0.15) is 5.10 Å². The first-order chi connectivity index (χ1) is 22.5. The van der Waals surface area contributed by atoms with Crippen molar-refractivity contribution in [3.63, 3.8) is 0 Å². The Hall–Kier alpha value is -4.30. The van der Waals surface area contributed by atoms with Gasteiger partial charge in [0.15, 0.2) is 9.84 Å². The van der Waals surface area contributed by atoms with E-state index in [-0.39, 0.29) is 16.9 Å². The predicted octanol–water partition coefficient (Wildman–Crippen LogP) is 7.57. The molecule has 5 rings (SSSR count). The summed E-state index contributed by atoms with van der Waals surface area (Å²) in [5.41, 5.74) is 6.86. The Kier molecular flexibility index (Phi) is 10.6. The Balaban J connectivity index is 1.19. The van der Waals surface area contributed by atoms with Crippen LogP contribution in [0.1, 0.15) is 81.2 Å². The van der Waals surface area contributed by atoms with Crippen molar-refractivity contribution < 1.29 is 8.42 Å². The lowest BCUT2D eigenvalue weighted by molar-refractivity contribution is 0.588. The van der Waals surface area contributed by atoms with Crippen LogP contribution in [-0.2, 0) is 53.4 Å². The smallest absolute Gasteiger partial charge is 0.279 e. The van der Waals surface area contributed by atoms with Crippen LogP contribution < -0.4 is 5.69 Å². The summed E-state index contributed by atoms with van der Waals surface area (Å²) in [7, 11) is -3.50. The summed E-state index contributed by atoms with van der Waals surface area (Å²) < 4.78 is 29.5. The van der Waals surface area contributed by atoms with Crippen LogP contribution in [0.4, 0.5) is 0 Å². The fourth-order valence-corrected chi connectivity index (χ4v) is 7.09. The van der Waals surface area contributed by atoms with Gasteiger partial charge < -0.3 is 0 Å². The van der Waals surface area contributed by atoms with E-state index in [1.807, 2.05) is 43.3 Å². The molecule has 0 N–H and O–H groups in total. The lowest BCUT2D eigenvalue weighted by Crippen LogP contribution is -2.25. The summed E-state index contributed by atoms with van der Waals surface area (Å²) in [6, 6.07) is 29.4. The van der Waals surface area contributed by atoms with E-state index in [1.165, 1.54) is 11.1 Å². The summed E-state index contributed by atoms with van der Waals surface area (Å²) >= 11 is 0. The van der Waals surface area contributed by atoms with Crippen LogP contribution in [0.3, 0.4) is 0 Å². The maximum atomic E-state index is 13.1. The Labute approximate surface area is 279 Å². The van der Waals surface area contributed by atoms with Gasteiger partial charge in [-0.1, -0.05) is 101 Å². The quantitative estimate of drug-likeness (QED) is 0.131. The van der Waals surface area contributed by atoms with Crippen LogP contribution in [0.15, 0.2) is 101 Å². The van der Waals surface area contributed by atoms with Crippen LogP contribution >= 0.6 is 0 Å². The van der Waals surface area contributed by atoms with Crippen molar-refractivity contribution in [1.82, 2.24) is 19.3 Å². The van der Waals surface area contributed by atoms with Gasteiger partial charge in [0.2, 0.25) is 0 Å². The average molecular weight is 651 g/mol. The standard InChI is InChI=1S/C39H46N4O3S/c1-6-10-29-19-25-35(26-20-29)47(45,46)28-34-12-9-13-36(40-34)32-21-15-30(16-22-32)11-8-14-37-41-43(38(44)42(37)7-2)27-31-17-23-33(24-18-31)39(3,4)5/h9,12-13,15-26H,6-8,10-11,14,27-28H2,1-5H3. The Morgan fingerprint density at radius 3 is 2.02 bits per heavy atom. The van der Waals surface area contributed by atoms with Crippen molar-refractivity contribution in [2.75, 3.05) is 0 Å². The maximum absolute atomic E-state index is 13.1. The van der Waals surface area contributed by atoms with E-state index in [1.54, 1.807) is 27.4 Å². The van der Waals surface area contributed by atoms with Crippen LogP contribution in [-0.4, -0.2) is 27.7 Å². The van der Waals surface area contributed by atoms with Crippen molar-refractivity contribution >= 4 is 9.84 Å². The molecule has 0 radical (unpaired) electrons. The Morgan fingerprint density at radius 2 is 1.38 bits per heavy atom. The maximum Gasteiger partial charge on any atom is 0.346 e. The lowest BCUT2D eigenvalue weighted by atomic mass is 9.87. The fraction of sp³-hybridized carbons (Fsp3) is 0.359.